The van der Waals surface area contributed by atoms with Crippen molar-refractivity contribution in [2.75, 3.05) is 11.9 Å². The Morgan fingerprint density at radius 2 is 1.53 bits per heavy atom. The third-order valence-corrected chi connectivity index (χ3v) is 6.55. The van der Waals surface area contributed by atoms with Crippen LogP contribution in [0, 0.1) is 15.9 Å². The molecule has 0 unspecified atom stereocenters. The molecule has 0 fully saturated rings. The van der Waals surface area contributed by atoms with Crippen molar-refractivity contribution in [3.05, 3.63) is 69.8 Å². The molecule has 0 radical (unpaired) electrons. The first kappa shape index (κ1) is 23.9. The molecule has 1 N–H and O–H groups in total. The van der Waals surface area contributed by atoms with Crippen molar-refractivity contribution in [1.82, 2.24) is 0 Å². The zero-order valence-electron chi connectivity index (χ0n) is 18.6. The molecule has 0 aliphatic carbocycles. The summed E-state index contributed by atoms with van der Waals surface area (Å²) >= 11 is 1.68. The first-order chi connectivity index (χ1) is 15.6. The van der Waals surface area contributed by atoms with Gasteiger partial charge in [-0.15, -0.1) is 11.3 Å². The van der Waals surface area contributed by atoms with Gasteiger partial charge in [-0.2, -0.15) is 0 Å². The summed E-state index contributed by atoms with van der Waals surface area (Å²) in [6, 6.07) is 13.5. The fraction of sp³-hybridized carbons (Fsp3) is 0.385. The van der Waals surface area contributed by atoms with Gasteiger partial charge in [-0.1, -0.05) is 76.1 Å². The Bertz CT molecular complexity index is 1000. The number of benzene rings is 2. The molecule has 1 aromatic heterocycles. The summed E-state index contributed by atoms with van der Waals surface area (Å²) in [5.41, 5.74) is 3.22. The number of anilines is 1. The van der Waals surface area contributed by atoms with Gasteiger partial charge in [0.05, 0.1) is 21.6 Å². The largest absolute Gasteiger partial charge is 0.384 e. The van der Waals surface area contributed by atoms with Gasteiger partial charge < -0.3 is 5.32 Å². The van der Waals surface area contributed by atoms with Crippen LogP contribution < -0.4 is 5.32 Å². The first-order valence-electron chi connectivity index (χ1n) is 11.5. The predicted molar refractivity (Wildman–Crippen MR) is 133 cm³/mol. The smallest absolute Gasteiger partial charge is 0.272 e. The molecule has 0 bridgehead atoms. The van der Waals surface area contributed by atoms with E-state index in [2.05, 4.69) is 23.7 Å². The number of nitro benzene ring substituents is 1. The molecular weight excluding hydrogens is 423 g/mol. The van der Waals surface area contributed by atoms with Crippen LogP contribution in [-0.2, 0) is 0 Å². The van der Waals surface area contributed by atoms with Crippen molar-refractivity contribution in [3.8, 4) is 21.6 Å². The maximum Gasteiger partial charge on any atom is 0.272 e. The average Bonchev–Trinajstić information content (AvgIpc) is 3.26. The molecule has 0 amide bonds. The van der Waals surface area contributed by atoms with Crippen molar-refractivity contribution in [2.45, 2.75) is 58.3 Å². The Kier molecular flexibility index (Phi) is 9.23. The standard InChI is InChI=1S/C26H31FN2O2S/c1-2-3-4-5-6-7-8-9-15-28-25-14-16-32-26(25)21-12-10-20(11-13-21)22-17-23(27)19-24(18-22)29(30)31/h10-14,16-19,28H,2-9,15H2,1H3. The molecule has 0 spiro atoms. The van der Waals surface area contributed by atoms with Gasteiger partial charge in [0.25, 0.3) is 5.69 Å². The lowest BCUT2D eigenvalue weighted by atomic mass is 10.0. The molecule has 170 valence electrons. The second-order valence-electron chi connectivity index (χ2n) is 8.10. The topological polar surface area (TPSA) is 55.2 Å². The molecule has 32 heavy (non-hydrogen) atoms. The van der Waals surface area contributed by atoms with E-state index in [1.807, 2.05) is 24.3 Å². The SMILES string of the molecule is CCCCCCCCCCNc1ccsc1-c1ccc(-c2cc(F)cc([N+](=O)[O-])c2)cc1. The van der Waals surface area contributed by atoms with Gasteiger partial charge in [0, 0.05) is 12.6 Å². The number of unbranched alkanes of at least 4 members (excludes halogenated alkanes) is 7. The van der Waals surface area contributed by atoms with Crippen molar-refractivity contribution in [2.24, 2.45) is 0 Å². The van der Waals surface area contributed by atoms with E-state index in [4.69, 9.17) is 0 Å². The number of rotatable bonds is 13. The third-order valence-electron chi connectivity index (χ3n) is 5.58. The lowest BCUT2D eigenvalue weighted by Crippen LogP contribution is -2.01. The van der Waals surface area contributed by atoms with E-state index in [-0.39, 0.29) is 5.69 Å². The van der Waals surface area contributed by atoms with Gasteiger partial charge in [-0.05, 0) is 40.6 Å². The van der Waals surface area contributed by atoms with Gasteiger partial charge in [0.2, 0.25) is 0 Å². The molecule has 0 saturated carbocycles. The summed E-state index contributed by atoms with van der Waals surface area (Å²) in [6.07, 6.45) is 10.4. The molecule has 0 aliphatic rings. The number of thiophene rings is 1. The monoisotopic (exact) mass is 454 g/mol. The van der Waals surface area contributed by atoms with Crippen LogP contribution in [0.2, 0.25) is 0 Å². The van der Waals surface area contributed by atoms with Gasteiger partial charge in [-0.25, -0.2) is 4.39 Å². The summed E-state index contributed by atoms with van der Waals surface area (Å²) in [5, 5.41) is 16.7. The van der Waals surface area contributed by atoms with E-state index in [0.29, 0.717) is 5.56 Å². The minimum Gasteiger partial charge on any atom is -0.384 e. The minimum atomic E-state index is -0.607. The lowest BCUT2D eigenvalue weighted by molar-refractivity contribution is -0.385. The molecule has 6 heteroatoms. The molecule has 1 heterocycles. The van der Waals surface area contributed by atoms with Gasteiger partial charge >= 0.3 is 0 Å². The van der Waals surface area contributed by atoms with E-state index in [1.54, 1.807) is 11.3 Å². The Balaban J connectivity index is 1.55. The highest BCUT2D eigenvalue weighted by Gasteiger charge is 2.12. The normalized spacial score (nSPS) is 10.9. The van der Waals surface area contributed by atoms with Crippen molar-refractivity contribution < 1.29 is 9.31 Å². The van der Waals surface area contributed by atoms with Crippen LogP contribution in [-0.4, -0.2) is 11.5 Å². The van der Waals surface area contributed by atoms with Crippen LogP contribution in [0.4, 0.5) is 15.8 Å². The van der Waals surface area contributed by atoms with E-state index in [1.165, 1.54) is 68.4 Å². The van der Waals surface area contributed by atoms with Crippen LogP contribution in [0.15, 0.2) is 53.9 Å². The third kappa shape index (κ3) is 6.89. The van der Waals surface area contributed by atoms with Crippen LogP contribution in [0.3, 0.4) is 0 Å². The Morgan fingerprint density at radius 1 is 0.875 bits per heavy atom. The number of hydrogen-bond acceptors (Lipinski definition) is 4. The Morgan fingerprint density at radius 3 is 2.22 bits per heavy atom. The van der Waals surface area contributed by atoms with Crippen LogP contribution in [0.1, 0.15) is 58.3 Å². The lowest BCUT2D eigenvalue weighted by Gasteiger charge is -2.09. The summed E-state index contributed by atoms with van der Waals surface area (Å²) in [6.45, 7) is 3.21. The van der Waals surface area contributed by atoms with Crippen molar-refractivity contribution in [1.29, 1.82) is 0 Å². The zero-order valence-corrected chi connectivity index (χ0v) is 19.4. The van der Waals surface area contributed by atoms with Crippen LogP contribution >= 0.6 is 11.3 Å². The molecule has 3 rings (SSSR count). The average molecular weight is 455 g/mol. The predicted octanol–water partition coefficient (Wildman–Crippen LogP) is 8.68. The fourth-order valence-electron chi connectivity index (χ4n) is 3.81. The molecule has 0 atom stereocenters. The summed E-state index contributed by atoms with van der Waals surface area (Å²) in [4.78, 5) is 11.6. The van der Waals surface area contributed by atoms with E-state index >= 15 is 0 Å². The second kappa shape index (κ2) is 12.3. The number of halogens is 1. The summed E-state index contributed by atoms with van der Waals surface area (Å²) in [7, 11) is 0. The number of nitro groups is 1. The maximum atomic E-state index is 13.8. The van der Waals surface area contributed by atoms with Crippen molar-refractivity contribution in [3.63, 3.8) is 0 Å². The van der Waals surface area contributed by atoms with E-state index in [0.717, 1.165) is 29.4 Å². The zero-order chi connectivity index (χ0) is 22.8. The Hall–Kier alpha value is -2.73. The van der Waals surface area contributed by atoms with E-state index in [9.17, 15) is 14.5 Å². The minimum absolute atomic E-state index is 0.241. The second-order valence-corrected chi connectivity index (χ2v) is 9.01. The first-order valence-corrected chi connectivity index (χ1v) is 12.3. The quantitative estimate of drug-likeness (QED) is 0.160. The maximum absolute atomic E-state index is 13.8. The van der Waals surface area contributed by atoms with Gasteiger partial charge in [-0.3, -0.25) is 10.1 Å². The molecular formula is C26H31FN2O2S. The number of nitrogens with one attached hydrogen (secondary N) is 1. The van der Waals surface area contributed by atoms with E-state index < -0.39 is 10.7 Å². The van der Waals surface area contributed by atoms with Crippen molar-refractivity contribution >= 4 is 22.7 Å². The highest BCUT2D eigenvalue weighted by molar-refractivity contribution is 7.14. The molecule has 3 aromatic rings. The molecule has 0 aliphatic heterocycles. The highest BCUT2D eigenvalue weighted by atomic mass is 32.1. The molecule has 0 saturated heterocycles. The summed E-state index contributed by atoms with van der Waals surface area (Å²) < 4.78 is 13.8. The van der Waals surface area contributed by atoms with Crippen LogP contribution in [0.5, 0.6) is 0 Å². The molecule has 4 nitrogen and oxygen atoms in total. The number of hydrogen-bond donors (Lipinski definition) is 1. The van der Waals surface area contributed by atoms with Gasteiger partial charge in [0.15, 0.2) is 0 Å². The molecule has 2 aromatic carbocycles. The number of non-ortho nitro benzene ring substituents is 1. The fourth-order valence-corrected chi connectivity index (χ4v) is 4.69. The van der Waals surface area contributed by atoms with Gasteiger partial charge in [0.1, 0.15) is 5.82 Å². The Labute approximate surface area is 193 Å². The highest BCUT2D eigenvalue weighted by Crippen LogP contribution is 2.35. The summed E-state index contributed by atoms with van der Waals surface area (Å²) in [5.74, 6) is -0.607. The van der Waals surface area contributed by atoms with Crippen LogP contribution in [0.25, 0.3) is 21.6 Å². The number of nitrogens with zero attached hydrogens (tertiary/aromatic N) is 1.